The topological polar surface area (TPSA) is 43.7 Å². The lowest BCUT2D eigenvalue weighted by atomic mass is 10.2. The Morgan fingerprint density at radius 2 is 0.912 bits per heavy atom. The van der Waals surface area contributed by atoms with Crippen molar-refractivity contribution >= 4 is 28.9 Å². The Morgan fingerprint density at radius 1 is 0.529 bits per heavy atom. The Labute approximate surface area is 220 Å². The normalized spacial score (nSPS) is 11.0. The summed E-state index contributed by atoms with van der Waals surface area (Å²) in [5.41, 5.74) is 2.29. The first-order valence-corrected chi connectivity index (χ1v) is 13.4. The van der Waals surface area contributed by atoms with Gasteiger partial charge in [0.25, 0.3) is 0 Å². The predicted octanol–water partition coefficient (Wildman–Crippen LogP) is 0.976. The van der Waals surface area contributed by atoms with E-state index in [1.165, 1.54) is 21.5 Å². The quantitative estimate of drug-likeness (QED) is 0.216. The van der Waals surface area contributed by atoms with Crippen molar-refractivity contribution in [2.24, 2.45) is 0 Å². The first-order chi connectivity index (χ1) is 16.3. The average molecular weight is 583 g/mol. The zero-order chi connectivity index (χ0) is 22.9. The fraction of sp³-hybridized carbons (Fsp3) is 0.172. The van der Waals surface area contributed by atoms with Gasteiger partial charge in [-0.2, -0.15) is 0 Å². The monoisotopic (exact) mass is 583 g/mol. The van der Waals surface area contributed by atoms with Crippen LogP contribution in [0.5, 0.6) is 0 Å². The molecule has 3 nitrogen and oxygen atoms in total. The fourth-order valence-electron chi connectivity index (χ4n) is 4.47. The molecule has 0 saturated heterocycles. The third-order valence-electron chi connectivity index (χ3n) is 6.05. The van der Waals surface area contributed by atoms with Crippen LogP contribution in [0.25, 0.3) is 0 Å². The summed E-state index contributed by atoms with van der Waals surface area (Å²) >= 11 is 0. The molecule has 0 amide bonds. The summed E-state index contributed by atoms with van der Waals surface area (Å²) in [6.07, 6.45) is 0.922. The van der Waals surface area contributed by atoms with E-state index in [2.05, 4.69) is 115 Å². The van der Waals surface area contributed by atoms with Crippen molar-refractivity contribution in [1.29, 1.82) is 0 Å². The number of rotatable bonds is 10. The number of aliphatic hydroxyl groups is 2. The highest BCUT2D eigenvalue weighted by Crippen LogP contribution is 2.58. The Kier molecular flexibility index (Phi) is 10.1. The summed E-state index contributed by atoms with van der Waals surface area (Å²) in [4.78, 5) is 2.01. The minimum atomic E-state index is -1.93. The van der Waals surface area contributed by atoms with Gasteiger partial charge in [-0.15, -0.1) is 0 Å². The smallest absolute Gasteiger partial charge is 0.116 e. The van der Waals surface area contributed by atoms with Crippen molar-refractivity contribution < 1.29 is 34.2 Å². The summed E-state index contributed by atoms with van der Waals surface area (Å²) in [7, 11) is -1.93. The van der Waals surface area contributed by atoms with Crippen LogP contribution in [0.1, 0.15) is 5.56 Å². The molecule has 176 valence electrons. The molecule has 34 heavy (non-hydrogen) atoms. The van der Waals surface area contributed by atoms with Crippen molar-refractivity contribution in [2.75, 3.05) is 31.2 Å². The molecular formula is C29H31INO2P. The predicted molar refractivity (Wildman–Crippen MR) is 142 cm³/mol. The number of aliphatic hydroxyl groups excluding tert-OH is 2. The van der Waals surface area contributed by atoms with Crippen LogP contribution < -0.4 is 44.8 Å². The largest absolute Gasteiger partial charge is 1.00 e. The number of benzene rings is 4. The molecule has 0 aliphatic carbocycles. The van der Waals surface area contributed by atoms with Crippen molar-refractivity contribution in [1.82, 2.24) is 0 Å². The molecule has 0 aliphatic rings. The summed E-state index contributed by atoms with van der Waals surface area (Å²) in [6, 6.07) is 41.3. The van der Waals surface area contributed by atoms with Gasteiger partial charge in [-0.05, 0) is 54.1 Å². The van der Waals surface area contributed by atoms with Gasteiger partial charge >= 0.3 is 0 Å². The molecular weight excluding hydrogens is 552 g/mol. The molecule has 0 aromatic heterocycles. The van der Waals surface area contributed by atoms with Crippen LogP contribution in [0.15, 0.2) is 115 Å². The van der Waals surface area contributed by atoms with Crippen LogP contribution >= 0.6 is 7.26 Å². The summed E-state index contributed by atoms with van der Waals surface area (Å²) in [5.74, 6) is 0. The van der Waals surface area contributed by atoms with E-state index in [4.69, 9.17) is 0 Å². The number of nitrogens with zero attached hydrogens (tertiary/aromatic N) is 1. The van der Waals surface area contributed by atoms with Crippen LogP contribution in [0.4, 0.5) is 5.69 Å². The van der Waals surface area contributed by atoms with Gasteiger partial charge in [0.15, 0.2) is 0 Å². The maximum atomic E-state index is 9.39. The minimum Gasteiger partial charge on any atom is -1.00 e. The van der Waals surface area contributed by atoms with E-state index < -0.39 is 7.26 Å². The van der Waals surface area contributed by atoms with E-state index in [0.717, 1.165) is 11.8 Å². The fourth-order valence-corrected chi connectivity index (χ4v) is 8.71. The lowest BCUT2D eigenvalue weighted by Crippen LogP contribution is -3.00. The van der Waals surface area contributed by atoms with E-state index in [1.807, 2.05) is 4.90 Å². The van der Waals surface area contributed by atoms with Crippen LogP contribution in [0.2, 0.25) is 0 Å². The van der Waals surface area contributed by atoms with Crippen LogP contribution in [-0.4, -0.2) is 36.5 Å². The Morgan fingerprint density at radius 3 is 1.26 bits per heavy atom. The van der Waals surface area contributed by atoms with E-state index in [9.17, 15) is 10.2 Å². The SMILES string of the molecule is OCCN(CCO)c1ccc(C[P+](c2ccccc2)(c2ccccc2)c2ccccc2)cc1.[I-]. The first kappa shape index (κ1) is 26.4. The average Bonchev–Trinajstić information content (AvgIpc) is 2.89. The second-order valence-electron chi connectivity index (χ2n) is 8.08. The molecule has 0 bridgehead atoms. The number of anilines is 1. The van der Waals surface area contributed by atoms with Crippen LogP contribution in [-0.2, 0) is 6.16 Å². The zero-order valence-corrected chi connectivity index (χ0v) is 22.2. The lowest BCUT2D eigenvalue weighted by molar-refractivity contribution is -0.00000871. The second kappa shape index (κ2) is 13.0. The van der Waals surface area contributed by atoms with Crippen LogP contribution in [0, 0.1) is 0 Å². The van der Waals surface area contributed by atoms with E-state index in [-0.39, 0.29) is 37.2 Å². The molecule has 2 N–H and O–H groups in total. The summed E-state index contributed by atoms with van der Waals surface area (Å²) < 4.78 is 0. The molecule has 0 spiro atoms. The third-order valence-corrected chi connectivity index (χ3v) is 10.4. The summed E-state index contributed by atoms with van der Waals surface area (Å²) in [6.45, 7) is 1.14. The van der Waals surface area contributed by atoms with Crippen molar-refractivity contribution in [3.63, 3.8) is 0 Å². The standard InChI is InChI=1S/C29H31NO2P.HI/c31-22-20-30(21-23-32)26-18-16-25(17-19-26)24-33(27-10-4-1-5-11-27,28-12-6-2-7-13-28)29-14-8-3-9-15-29;/h1-19,31-32H,20-24H2;1H/q+1;/p-1. The molecule has 0 heterocycles. The maximum Gasteiger partial charge on any atom is 0.116 e. The van der Waals surface area contributed by atoms with Crippen molar-refractivity contribution in [3.05, 3.63) is 121 Å². The second-order valence-corrected chi connectivity index (χ2v) is 11.6. The number of hydrogen-bond acceptors (Lipinski definition) is 3. The van der Waals surface area contributed by atoms with E-state index in [0.29, 0.717) is 13.1 Å². The van der Waals surface area contributed by atoms with E-state index in [1.54, 1.807) is 0 Å². The highest BCUT2D eigenvalue weighted by molar-refractivity contribution is 7.95. The van der Waals surface area contributed by atoms with Gasteiger partial charge < -0.3 is 39.1 Å². The Balaban J connectivity index is 0.00000324. The highest BCUT2D eigenvalue weighted by Gasteiger charge is 2.45. The molecule has 0 unspecified atom stereocenters. The zero-order valence-electron chi connectivity index (χ0n) is 19.2. The molecule has 0 atom stereocenters. The number of hydrogen-bond donors (Lipinski definition) is 2. The van der Waals surface area contributed by atoms with Gasteiger partial charge in [0.2, 0.25) is 0 Å². The van der Waals surface area contributed by atoms with E-state index >= 15 is 0 Å². The maximum absolute atomic E-state index is 9.39. The first-order valence-electron chi connectivity index (χ1n) is 11.4. The Hall–Kier alpha value is -2.24. The van der Waals surface area contributed by atoms with Gasteiger partial charge in [0, 0.05) is 18.8 Å². The molecule has 4 aromatic rings. The van der Waals surface area contributed by atoms with Gasteiger partial charge in [0.1, 0.15) is 23.2 Å². The van der Waals surface area contributed by atoms with Crippen molar-refractivity contribution in [3.8, 4) is 0 Å². The molecule has 5 heteroatoms. The molecule has 4 aromatic carbocycles. The third kappa shape index (κ3) is 5.87. The molecule has 0 aliphatic heterocycles. The van der Waals surface area contributed by atoms with Crippen molar-refractivity contribution in [2.45, 2.75) is 6.16 Å². The number of halogens is 1. The molecule has 4 rings (SSSR count). The minimum absolute atomic E-state index is 0. The lowest BCUT2D eigenvalue weighted by Gasteiger charge is -2.28. The molecule has 0 radical (unpaired) electrons. The van der Waals surface area contributed by atoms with Gasteiger partial charge in [0.05, 0.1) is 19.4 Å². The molecule has 0 fully saturated rings. The summed E-state index contributed by atoms with van der Waals surface area (Å²) in [5, 5.41) is 22.9. The van der Waals surface area contributed by atoms with Gasteiger partial charge in [-0.1, -0.05) is 66.7 Å². The van der Waals surface area contributed by atoms with Crippen LogP contribution in [0.3, 0.4) is 0 Å². The highest BCUT2D eigenvalue weighted by atomic mass is 127. The molecule has 0 saturated carbocycles. The van der Waals surface area contributed by atoms with Gasteiger partial charge in [-0.25, -0.2) is 0 Å². The van der Waals surface area contributed by atoms with Gasteiger partial charge in [-0.3, -0.25) is 0 Å². The Bertz CT molecular complexity index is 1010.